The molecule has 1 aromatic heterocycles. The maximum atomic E-state index is 11.6. The fraction of sp³-hybridized carbons (Fsp3) is 0.609. The van der Waals surface area contributed by atoms with E-state index in [2.05, 4.69) is 6.92 Å². The molecule has 1 aromatic rings. The van der Waals surface area contributed by atoms with Gasteiger partial charge in [-0.05, 0) is 6.42 Å². The van der Waals surface area contributed by atoms with Gasteiger partial charge in [0.1, 0.15) is 0 Å². The lowest BCUT2D eigenvalue weighted by Gasteiger charge is -2.03. The third-order valence-corrected chi connectivity index (χ3v) is 4.47. The molecule has 0 saturated heterocycles. The van der Waals surface area contributed by atoms with Crippen molar-refractivity contribution in [1.82, 2.24) is 0 Å². The molecular weight excluding hydrogens is 354 g/mol. The third kappa shape index (κ3) is 14.0. The van der Waals surface area contributed by atoms with Gasteiger partial charge in [-0.1, -0.05) is 70.8 Å². The van der Waals surface area contributed by atoms with E-state index in [1.807, 2.05) is 35.2 Å². The minimum absolute atomic E-state index is 0.255. The molecule has 0 amide bonds. The molecule has 28 heavy (non-hydrogen) atoms. The zero-order valence-corrected chi connectivity index (χ0v) is 17.3. The van der Waals surface area contributed by atoms with Crippen molar-refractivity contribution in [3.63, 3.8) is 0 Å². The van der Waals surface area contributed by atoms with E-state index in [1.165, 1.54) is 51.4 Å². The largest absolute Gasteiger partial charge is 0.463 e. The number of nitrogens with zero attached hydrogens (tertiary/aromatic N) is 1. The second kappa shape index (κ2) is 17.0. The molecule has 0 radical (unpaired) electrons. The van der Waals surface area contributed by atoms with Crippen LogP contribution in [0.25, 0.3) is 0 Å². The van der Waals surface area contributed by atoms with E-state index in [0.717, 1.165) is 25.0 Å². The molecule has 0 N–H and O–H groups in total. The standard InChI is InChI=1S/C23H36NO4/c1-2-3-4-5-6-7-8-9-10-14-20-27-22(25)15-16-23(26)28-21-19-24-17-12-11-13-18-24/h11-13,15-18H,2-10,14,19-21H2,1H3/q+1/b16-15-. The summed E-state index contributed by atoms with van der Waals surface area (Å²) in [6.45, 7) is 3.47. The Labute approximate surface area is 169 Å². The molecule has 0 fully saturated rings. The summed E-state index contributed by atoms with van der Waals surface area (Å²) in [6.07, 6.45) is 18.4. The summed E-state index contributed by atoms with van der Waals surface area (Å²) in [5, 5.41) is 0. The molecule has 0 saturated carbocycles. The van der Waals surface area contributed by atoms with Crippen LogP contribution in [0.1, 0.15) is 71.1 Å². The van der Waals surface area contributed by atoms with E-state index in [4.69, 9.17) is 9.47 Å². The number of esters is 2. The second-order valence-corrected chi connectivity index (χ2v) is 6.96. The van der Waals surface area contributed by atoms with Crippen LogP contribution in [0.5, 0.6) is 0 Å². The lowest BCUT2D eigenvalue weighted by molar-refractivity contribution is -0.697. The highest BCUT2D eigenvalue weighted by atomic mass is 16.5. The summed E-state index contributed by atoms with van der Waals surface area (Å²) in [6, 6.07) is 5.74. The van der Waals surface area contributed by atoms with Crippen LogP contribution in [0, 0.1) is 0 Å². The molecular formula is C23H36NO4+. The molecule has 5 nitrogen and oxygen atoms in total. The van der Waals surface area contributed by atoms with Crippen molar-refractivity contribution in [2.75, 3.05) is 13.2 Å². The molecule has 0 bridgehead atoms. The van der Waals surface area contributed by atoms with Crippen molar-refractivity contribution < 1.29 is 23.6 Å². The molecule has 0 aliphatic carbocycles. The molecule has 0 aliphatic heterocycles. The number of aromatic nitrogens is 1. The Morgan fingerprint density at radius 1 is 0.714 bits per heavy atom. The van der Waals surface area contributed by atoms with Crippen molar-refractivity contribution in [1.29, 1.82) is 0 Å². The molecule has 1 heterocycles. The zero-order chi connectivity index (χ0) is 20.3. The van der Waals surface area contributed by atoms with Gasteiger partial charge in [-0.15, -0.1) is 0 Å². The quantitative estimate of drug-likeness (QED) is 0.180. The third-order valence-electron chi connectivity index (χ3n) is 4.47. The first-order chi connectivity index (χ1) is 13.7. The van der Waals surface area contributed by atoms with E-state index in [1.54, 1.807) is 0 Å². The highest BCUT2D eigenvalue weighted by Gasteiger charge is 2.03. The summed E-state index contributed by atoms with van der Waals surface area (Å²) in [5.41, 5.74) is 0. The summed E-state index contributed by atoms with van der Waals surface area (Å²) in [7, 11) is 0. The molecule has 1 rings (SSSR count). The Morgan fingerprint density at radius 3 is 1.79 bits per heavy atom. The predicted molar refractivity (Wildman–Crippen MR) is 110 cm³/mol. The van der Waals surface area contributed by atoms with E-state index < -0.39 is 11.9 Å². The molecule has 156 valence electrons. The topological polar surface area (TPSA) is 56.5 Å². The minimum atomic E-state index is -0.535. The molecule has 5 heteroatoms. The van der Waals surface area contributed by atoms with Gasteiger partial charge >= 0.3 is 11.9 Å². The van der Waals surface area contributed by atoms with Gasteiger partial charge in [0, 0.05) is 24.3 Å². The van der Waals surface area contributed by atoms with E-state index in [0.29, 0.717) is 13.2 Å². The minimum Gasteiger partial charge on any atom is -0.463 e. The molecule has 0 spiro atoms. The molecule has 0 aliphatic rings. The van der Waals surface area contributed by atoms with Crippen molar-refractivity contribution in [2.45, 2.75) is 77.7 Å². The smallest absolute Gasteiger partial charge is 0.331 e. The number of ether oxygens (including phenoxy) is 2. The van der Waals surface area contributed by atoms with Gasteiger partial charge in [0.15, 0.2) is 25.5 Å². The van der Waals surface area contributed by atoms with E-state index in [-0.39, 0.29) is 6.61 Å². The number of unbranched alkanes of at least 4 members (excludes halogenated alkanes) is 9. The average Bonchev–Trinajstić information content (AvgIpc) is 2.71. The Hall–Kier alpha value is -2.17. The van der Waals surface area contributed by atoms with Gasteiger partial charge < -0.3 is 9.47 Å². The van der Waals surface area contributed by atoms with Crippen molar-refractivity contribution >= 4 is 11.9 Å². The summed E-state index contributed by atoms with van der Waals surface area (Å²) >= 11 is 0. The zero-order valence-electron chi connectivity index (χ0n) is 17.3. The normalized spacial score (nSPS) is 10.9. The van der Waals surface area contributed by atoms with Crippen LogP contribution in [0.2, 0.25) is 0 Å². The van der Waals surface area contributed by atoms with Gasteiger partial charge in [-0.2, -0.15) is 0 Å². The van der Waals surface area contributed by atoms with Gasteiger partial charge in [-0.25, -0.2) is 14.2 Å². The number of pyridine rings is 1. The number of rotatable bonds is 16. The number of hydrogen-bond acceptors (Lipinski definition) is 4. The average molecular weight is 391 g/mol. The predicted octanol–water partition coefficient (Wildman–Crippen LogP) is 4.54. The first-order valence-corrected chi connectivity index (χ1v) is 10.7. The SMILES string of the molecule is CCCCCCCCCCCCOC(=O)/C=C\C(=O)OCC[n+]1ccccc1. The van der Waals surface area contributed by atoms with Crippen molar-refractivity contribution in [3.8, 4) is 0 Å². The first-order valence-electron chi connectivity index (χ1n) is 10.7. The molecule has 0 unspecified atom stereocenters. The van der Waals surface area contributed by atoms with E-state index >= 15 is 0 Å². The Balaban J connectivity index is 1.94. The summed E-state index contributed by atoms with van der Waals surface area (Å²) < 4.78 is 12.1. The lowest BCUT2D eigenvalue weighted by atomic mass is 10.1. The Bertz CT molecular complexity index is 557. The Morgan fingerprint density at radius 2 is 1.21 bits per heavy atom. The van der Waals surface area contributed by atoms with Gasteiger partial charge in [0.05, 0.1) is 6.61 Å². The fourth-order valence-electron chi connectivity index (χ4n) is 2.83. The first kappa shape index (κ1) is 23.9. The van der Waals surface area contributed by atoms with Gasteiger partial charge in [0.2, 0.25) is 0 Å². The monoisotopic (exact) mass is 390 g/mol. The van der Waals surface area contributed by atoms with Crippen LogP contribution in [-0.4, -0.2) is 25.2 Å². The Kier molecular flexibility index (Phi) is 14.5. The maximum absolute atomic E-state index is 11.6. The maximum Gasteiger partial charge on any atom is 0.331 e. The lowest BCUT2D eigenvalue weighted by Crippen LogP contribution is -2.35. The molecule has 0 aromatic carbocycles. The van der Waals surface area contributed by atoms with Crippen LogP contribution in [-0.2, 0) is 25.6 Å². The van der Waals surface area contributed by atoms with Gasteiger partial charge in [0.25, 0.3) is 0 Å². The van der Waals surface area contributed by atoms with Crippen LogP contribution in [0.4, 0.5) is 0 Å². The highest BCUT2D eigenvalue weighted by Crippen LogP contribution is 2.10. The van der Waals surface area contributed by atoms with Crippen LogP contribution < -0.4 is 4.57 Å². The van der Waals surface area contributed by atoms with Gasteiger partial charge in [-0.3, -0.25) is 0 Å². The molecule has 0 atom stereocenters. The number of hydrogen-bond donors (Lipinski definition) is 0. The van der Waals surface area contributed by atoms with Crippen molar-refractivity contribution in [3.05, 3.63) is 42.7 Å². The van der Waals surface area contributed by atoms with E-state index in [9.17, 15) is 9.59 Å². The fourth-order valence-corrected chi connectivity index (χ4v) is 2.83. The van der Waals surface area contributed by atoms with Crippen LogP contribution >= 0.6 is 0 Å². The summed E-state index contributed by atoms with van der Waals surface area (Å²) in [4.78, 5) is 23.2. The second-order valence-electron chi connectivity index (χ2n) is 6.96. The highest BCUT2D eigenvalue weighted by molar-refractivity contribution is 5.91. The van der Waals surface area contributed by atoms with Crippen LogP contribution in [0.3, 0.4) is 0 Å². The summed E-state index contributed by atoms with van der Waals surface area (Å²) in [5.74, 6) is -1.03. The number of carbonyl (C=O) groups is 2. The van der Waals surface area contributed by atoms with Crippen molar-refractivity contribution in [2.24, 2.45) is 0 Å². The van der Waals surface area contributed by atoms with Crippen LogP contribution in [0.15, 0.2) is 42.7 Å². The number of carbonyl (C=O) groups excluding carboxylic acids is 2.